The van der Waals surface area contributed by atoms with Gasteiger partial charge in [-0.15, -0.1) is 0 Å². The molecule has 0 spiro atoms. The first-order chi connectivity index (χ1) is 17.0. The molecule has 3 amide bonds. The Morgan fingerprint density at radius 3 is 2.44 bits per heavy atom. The fraction of sp³-hybridized carbons (Fsp3) is 0.840. The van der Waals surface area contributed by atoms with E-state index < -0.39 is 36.0 Å². The smallest absolute Gasteiger partial charge is 0.307 e. The van der Waals surface area contributed by atoms with Crippen molar-refractivity contribution in [2.45, 2.75) is 90.1 Å². The molecule has 2 saturated heterocycles. The Morgan fingerprint density at radius 2 is 1.92 bits per heavy atom. The Kier molecular flexibility index (Phi) is 11.6. The number of aliphatic hydroxyl groups excluding tert-OH is 1. The van der Waals surface area contributed by atoms with Gasteiger partial charge in [-0.05, 0) is 24.7 Å². The average Bonchev–Trinajstić information content (AvgIpc) is 3.52. The number of nitrogens with one attached hydrogen (secondary N) is 1. The summed E-state index contributed by atoms with van der Waals surface area (Å²) in [7, 11) is 1.64. The number of nitrogens with two attached hydrogens (primary N) is 1. The van der Waals surface area contributed by atoms with Crippen LogP contribution in [-0.4, -0.2) is 102 Å². The standard InChI is InChI=1S/C25H44N4O7/c1-6-16(4)22(25(34)28(5)19(13-30)15(2)3)27-23(32)18-8-7-11-29(18)24(33)20(12-17-14-35-17)36-21(31)9-10-26/h15-20,22,30H,6-14,26H2,1-5H3,(H,27,32)/t16-,17?,18-,19+,20+,22-/m0/s1. The summed E-state index contributed by atoms with van der Waals surface area (Å²) in [5, 5.41) is 12.7. The van der Waals surface area contributed by atoms with Crippen LogP contribution in [0.25, 0.3) is 0 Å². The number of hydrogen-bond acceptors (Lipinski definition) is 8. The summed E-state index contributed by atoms with van der Waals surface area (Å²) in [6.07, 6.45) is 0.762. The lowest BCUT2D eigenvalue weighted by Gasteiger charge is -2.35. The molecule has 0 saturated carbocycles. The van der Waals surface area contributed by atoms with E-state index in [9.17, 15) is 24.3 Å². The van der Waals surface area contributed by atoms with Crippen molar-refractivity contribution in [3.05, 3.63) is 0 Å². The highest BCUT2D eigenvalue weighted by atomic mass is 16.6. The monoisotopic (exact) mass is 512 g/mol. The lowest BCUT2D eigenvalue weighted by molar-refractivity contribution is -0.162. The number of ether oxygens (including phenoxy) is 2. The predicted molar refractivity (Wildman–Crippen MR) is 133 cm³/mol. The second kappa shape index (κ2) is 13.9. The van der Waals surface area contributed by atoms with Gasteiger partial charge in [-0.2, -0.15) is 0 Å². The summed E-state index contributed by atoms with van der Waals surface area (Å²) in [4.78, 5) is 55.1. The molecule has 2 heterocycles. The maximum atomic E-state index is 13.4. The van der Waals surface area contributed by atoms with Crippen molar-refractivity contribution in [1.82, 2.24) is 15.1 Å². The molecule has 0 aromatic carbocycles. The SMILES string of the molecule is CC[C@H](C)[C@H](NC(=O)[C@@H]1CCCN1C(=O)[C@@H](CC1CO1)OC(=O)CCN)C(=O)N(C)[C@H](CO)C(C)C. The van der Waals surface area contributed by atoms with Crippen molar-refractivity contribution in [1.29, 1.82) is 0 Å². The highest BCUT2D eigenvalue weighted by Gasteiger charge is 2.42. The van der Waals surface area contributed by atoms with E-state index in [0.29, 0.717) is 32.4 Å². The minimum atomic E-state index is -1.04. The molecule has 2 aliphatic rings. The minimum Gasteiger partial charge on any atom is -0.452 e. The molecule has 0 aromatic rings. The van der Waals surface area contributed by atoms with Crippen LogP contribution in [0.4, 0.5) is 0 Å². The Balaban J connectivity index is 2.16. The van der Waals surface area contributed by atoms with Crippen LogP contribution in [0.1, 0.15) is 59.8 Å². The van der Waals surface area contributed by atoms with Crippen LogP contribution in [0, 0.1) is 11.8 Å². The van der Waals surface area contributed by atoms with E-state index >= 15 is 0 Å². The van der Waals surface area contributed by atoms with E-state index in [1.54, 1.807) is 7.05 Å². The van der Waals surface area contributed by atoms with Crippen molar-refractivity contribution < 1.29 is 33.8 Å². The van der Waals surface area contributed by atoms with Crippen molar-refractivity contribution >= 4 is 23.7 Å². The van der Waals surface area contributed by atoms with Gasteiger partial charge >= 0.3 is 5.97 Å². The number of amides is 3. The van der Waals surface area contributed by atoms with Gasteiger partial charge in [0, 0.05) is 26.6 Å². The van der Waals surface area contributed by atoms with E-state index in [1.165, 1.54) is 9.80 Å². The summed E-state index contributed by atoms with van der Waals surface area (Å²) in [6, 6.07) is -1.94. The summed E-state index contributed by atoms with van der Waals surface area (Å²) in [5.41, 5.74) is 5.43. The van der Waals surface area contributed by atoms with Gasteiger partial charge in [0.25, 0.3) is 5.91 Å². The molecule has 0 aliphatic carbocycles. The van der Waals surface area contributed by atoms with Gasteiger partial charge < -0.3 is 35.4 Å². The molecule has 0 bridgehead atoms. The molecular weight excluding hydrogens is 468 g/mol. The van der Waals surface area contributed by atoms with Gasteiger partial charge in [0.05, 0.1) is 31.8 Å². The molecule has 2 aliphatic heterocycles. The number of hydrogen-bond donors (Lipinski definition) is 3. The van der Waals surface area contributed by atoms with Gasteiger partial charge in [0.15, 0.2) is 6.10 Å². The van der Waals surface area contributed by atoms with Gasteiger partial charge in [-0.1, -0.05) is 34.1 Å². The van der Waals surface area contributed by atoms with Crippen LogP contribution in [0.2, 0.25) is 0 Å². The van der Waals surface area contributed by atoms with E-state index in [2.05, 4.69) is 5.32 Å². The number of likely N-dealkylation sites (N-methyl/N-ethyl adjacent to an activating group) is 1. The molecule has 0 radical (unpaired) electrons. The predicted octanol–water partition coefficient (Wildman–Crippen LogP) is 0.0331. The molecule has 0 aromatic heterocycles. The third kappa shape index (κ3) is 7.88. The lowest BCUT2D eigenvalue weighted by Crippen LogP contribution is -2.58. The van der Waals surface area contributed by atoms with E-state index in [0.717, 1.165) is 0 Å². The quantitative estimate of drug-likeness (QED) is 0.218. The Hall–Kier alpha value is -2.24. The number of nitrogens with zero attached hydrogens (tertiary/aromatic N) is 2. The maximum Gasteiger partial charge on any atom is 0.307 e. The molecule has 1 unspecified atom stereocenters. The molecule has 2 fully saturated rings. The summed E-state index contributed by atoms with van der Waals surface area (Å²) in [6.45, 7) is 8.46. The molecule has 11 nitrogen and oxygen atoms in total. The zero-order chi connectivity index (χ0) is 27.0. The highest BCUT2D eigenvalue weighted by molar-refractivity contribution is 5.94. The van der Waals surface area contributed by atoms with Crippen molar-refractivity contribution in [2.24, 2.45) is 17.6 Å². The van der Waals surface area contributed by atoms with Crippen molar-refractivity contribution in [3.63, 3.8) is 0 Å². The zero-order valence-electron chi connectivity index (χ0n) is 22.3. The van der Waals surface area contributed by atoms with Crippen LogP contribution < -0.4 is 11.1 Å². The minimum absolute atomic E-state index is 0.00333. The molecule has 6 atom stereocenters. The summed E-state index contributed by atoms with van der Waals surface area (Å²) < 4.78 is 10.6. The van der Waals surface area contributed by atoms with E-state index in [-0.39, 0.29) is 55.9 Å². The summed E-state index contributed by atoms with van der Waals surface area (Å²) >= 11 is 0. The van der Waals surface area contributed by atoms with E-state index in [4.69, 9.17) is 15.2 Å². The van der Waals surface area contributed by atoms with Gasteiger partial charge in [0.2, 0.25) is 11.8 Å². The molecule has 2 rings (SSSR count). The first kappa shape index (κ1) is 30.0. The number of esters is 1. The highest BCUT2D eigenvalue weighted by Crippen LogP contribution is 2.25. The lowest BCUT2D eigenvalue weighted by atomic mass is 9.95. The number of rotatable bonds is 14. The summed E-state index contributed by atoms with van der Waals surface area (Å²) in [5.74, 6) is -1.80. The van der Waals surface area contributed by atoms with Crippen LogP contribution in [0.3, 0.4) is 0 Å². The Bertz CT molecular complexity index is 774. The number of carbonyl (C=O) groups excluding carboxylic acids is 4. The van der Waals surface area contributed by atoms with Crippen LogP contribution in [0.5, 0.6) is 0 Å². The first-order valence-corrected chi connectivity index (χ1v) is 13.0. The number of likely N-dealkylation sites (tertiary alicyclic amines) is 1. The van der Waals surface area contributed by atoms with Crippen molar-refractivity contribution in [2.75, 3.05) is 33.4 Å². The normalized spacial score (nSPS) is 22.5. The molecule has 11 heteroatoms. The molecule has 4 N–H and O–H groups in total. The number of epoxide rings is 1. The van der Waals surface area contributed by atoms with Crippen LogP contribution >= 0.6 is 0 Å². The number of carbonyl (C=O) groups is 4. The van der Waals surface area contributed by atoms with Gasteiger partial charge in [-0.25, -0.2) is 0 Å². The largest absolute Gasteiger partial charge is 0.452 e. The molecular formula is C25H44N4O7. The Morgan fingerprint density at radius 1 is 1.25 bits per heavy atom. The first-order valence-electron chi connectivity index (χ1n) is 13.0. The fourth-order valence-electron chi connectivity index (χ4n) is 4.56. The van der Waals surface area contributed by atoms with Crippen molar-refractivity contribution in [3.8, 4) is 0 Å². The third-order valence-electron chi connectivity index (χ3n) is 7.19. The van der Waals surface area contributed by atoms with Gasteiger partial charge in [-0.3, -0.25) is 19.2 Å². The Labute approximate surface area is 214 Å². The van der Waals surface area contributed by atoms with Crippen LogP contribution in [-0.2, 0) is 28.7 Å². The number of aliphatic hydroxyl groups is 1. The second-order valence-corrected chi connectivity index (χ2v) is 10.2. The molecule has 36 heavy (non-hydrogen) atoms. The maximum absolute atomic E-state index is 13.4. The third-order valence-corrected chi connectivity index (χ3v) is 7.19. The zero-order valence-corrected chi connectivity index (χ0v) is 22.3. The average molecular weight is 513 g/mol. The van der Waals surface area contributed by atoms with Gasteiger partial charge in [0.1, 0.15) is 12.1 Å². The molecule has 206 valence electrons. The topological polar surface area (TPSA) is 155 Å². The fourth-order valence-corrected chi connectivity index (χ4v) is 4.56. The van der Waals surface area contributed by atoms with Crippen LogP contribution in [0.15, 0.2) is 0 Å². The van der Waals surface area contributed by atoms with E-state index in [1.807, 2.05) is 27.7 Å². The second-order valence-electron chi connectivity index (χ2n) is 10.2.